The molecule has 18 heavy (non-hydrogen) atoms. The molecule has 7 fully saturated rings. The van der Waals surface area contributed by atoms with Crippen LogP contribution < -0.4 is 0 Å². The summed E-state index contributed by atoms with van der Waals surface area (Å²) in [4.78, 5) is 0. The van der Waals surface area contributed by atoms with Crippen molar-refractivity contribution in [2.45, 2.75) is 43.7 Å². The smallest absolute Gasteiger partial charge is 0.259 e. The van der Waals surface area contributed by atoms with E-state index in [1.165, 1.54) is 32.1 Å². The van der Waals surface area contributed by atoms with Crippen molar-refractivity contribution >= 4 is 28.3 Å². The van der Waals surface area contributed by atoms with Crippen LogP contribution in [0.5, 0.6) is 0 Å². The van der Waals surface area contributed by atoms with Gasteiger partial charge in [-0.2, -0.15) is 0 Å². The Morgan fingerprint density at radius 2 is 1.39 bits per heavy atom. The minimum atomic E-state index is -3.00. The Morgan fingerprint density at radius 1 is 0.833 bits per heavy atom. The van der Waals surface area contributed by atoms with Crippen molar-refractivity contribution in [2.24, 2.45) is 41.4 Å². The van der Waals surface area contributed by atoms with Crippen LogP contribution in [-0.4, -0.2) is 5.16 Å². The molecule has 0 aromatic heterocycles. The lowest BCUT2D eigenvalue weighted by Gasteiger charge is -2.74. The summed E-state index contributed by atoms with van der Waals surface area (Å²) in [7, 11) is 0. The average Bonchev–Trinajstić information content (AvgIpc) is 2.33. The second kappa shape index (κ2) is 3.18. The van der Waals surface area contributed by atoms with Crippen LogP contribution in [0.2, 0.25) is 0 Å². The van der Waals surface area contributed by atoms with E-state index in [9.17, 15) is 4.57 Å². The Labute approximate surface area is 118 Å². The first-order chi connectivity index (χ1) is 8.50. The Kier molecular flexibility index (Phi) is 2.02. The lowest BCUT2D eigenvalue weighted by molar-refractivity contribution is -0.189. The summed E-state index contributed by atoms with van der Waals surface area (Å²) in [6.07, 6.45) is 7.88. The maximum atomic E-state index is 12.7. The van der Waals surface area contributed by atoms with Crippen molar-refractivity contribution in [1.29, 1.82) is 0 Å². The van der Waals surface area contributed by atoms with Gasteiger partial charge in [-0.25, -0.2) is 0 Å². The van der Waals surface area contributed by atoms with E-state index in [2.05, 4.69) is 0 Å². The molecule has 0 N–H and O–H groups in total. The molecule has 0 spiro atoms. The Morgan fingerprint density at radius 3 is 1.94 bits per heavy atom. The van der Waals surface area contributed by atoms with Crippen molar-refractivity contribution in [2.75, 3.05) is 0 Å². The monoisotopic (exact) mass is 304 g/mol. The fourth-order valence-corrected chi connectivity index (χ4v) is 11.2. The van der Waals surface area contributed by atoms with E-state index in [-0.39, 0.29) is 5.16 Å². The third-order valence-electron chi connectivity index (χ3n) is 7.51. The Bertz CT molecular complexity index is 448. The minimum absolute atomic E-state index is 0.153. The van der Waals surface area contributed by atoms with E-state index in [0.29, 0.717) is 11.8 Å². The molecule has 7 aliphatic rings. The number of halogens is 2. The molecule has 7 saturated carbocycles. The fourth-order valence-electron chi connectivity index (χ4n) is 7.40. The highest BCUT2D eigenvalue weighted by Crippen LogP contribution is 2.85. The van der Waals surface area contributed by atoms with Crippen molar-refractivity contribution < 1.29 is 4.57 Å². The van der Waals surface area contributed by atoms with Gasteiger partial charge in [0.15, 0.2) is 0 Å². The molecule has 0 amide bonds. The summed E-state index contributed by atoms with van der Waals surface area (Å²) in [5.74, 6) is 2.47. The van der Waals surface area contributed by atoms with Crippen LogP contribution in [0, 0.1) is 41.4 Å². The lowest BCUT2D eigenvalue weighted by atomic mass is 9.35. The number of hydrogen-bond donors (Lipinski definition) is 0. The zero-order valence-corrected chi connectivity index (χ0v) is 12.8. The molecule has 7 aliphatic carbocycles. The predicted molar refractivity (Wildman–Crippen MR) is 74.2 cm³/mol. The van der Waals surface area contributed by atoms with Crippen LogP contribution in [0.3, 0.4) is 0 Å². The molecule has 7 rings (SSSR count). The average molecular weight is 305 g/mol. The van der Waals surface area contributed by atoms with Crippen LogP contribution in [0.1, 0.15) is 38.5 Å². The second-order valence-electron chi connectivity index (χ2n) is 7.77. The molecule has 0 aromatic rings. The van der Waals surface area contributed by atoms with Gasteiger partial charge in [-0.3, -0.25) is 4.57 Å². The molecule has 0 heterocycles. The van der Waals surface area contributed by atoms with Crippen LogP contribution in [0.25, 0.3) is 0 Å². The van der Waals surface area contributed by atoms with E-state index in [1.54, 1.807) is 0 Å². The topological polar surface area (TPSA) is 17.1 Å². The molecule has 8 atom stereocenters. The first-order valence-electron chi connectivity index (χ1n) is 7.50. The maximum Gasteiger partial charge on any atom is 0.259 e. The summed E-state index contributed by atoms with van der Waals surface area (Å²) in [6, 6.07) is 0. The molecule has 100 valence electrons. The Hall–Kier alpha value is 0.810. The quantitative estimate of drug-likeness (QED) is 0.615. The largest absolute Gasteiger partial charge is 0.289 e. The van der Waals surface area contributed by atoms with Gasteiger partial charge >= 0.3 is 0 Å². The van der Waals surface area contributed by atoms with Crippen molar-refractivity contribution in [1.82, 2.24) is 0 Å². The molecular formula is C14H19Cl2OP. The van der Waals surface area contributed by atoms with Crippen LogP contribution in [0.15, 0.2) is 0 Å². The maximum absolute atomic E-state index is 12.7. The van der Waals surface area contributed by atoms with Crippen molar-refractivity contribution in [3.05, 3.63) is 0 Å². The molecule has 0 aliphatic heterocycles. The van der Waals surface area contributed by atoms with Crippen LogP contribution in [-0.2, 0) is 4.57 Å². The first kappa shape index (κ1) is 11.5. The third kappa shape index (κ3) is 1.07. The van der Waals surface area contributed by atoms with Gasteiger partial charge in [0.1, 0.15) is 0 Å². The van der Waals surface area contributed by atoms with Gasteiger partial charge in [-0.1, -0.05) is 0 Å². The molecule has 0 radical (unpaired) electrons. The highest BCUT2D eigenvalue weighted by Gasteiger charge is 2.74. The standard InChI is InChI=1S/C14H19Cl2OP/c15-18(16,17)14-6-8-2-10-9-1-7(4-12(10)14)5-13(14)11(9)3-8/h7-13H,1-6H2/t7?,8?,9?,10-,11+,12?,13?,14?. The van der Waals surface area contributed by atoms with Gasteiger partial charge in [0, 0.05) is 0 Å². The Balaban J connectivity index is 1.75. The summed E-state index contributed by atoms with van der Waals surface area (Å²) in [6.45, 7) is 0. The summed E-state index contributed by atoms with van der Waals surface area (Å²) in [5, 5.41) is -0.153. The van der Waals surface area contributed by atoms with Crippen LogP contribution in [0.4, 0.5) is 0 Å². The predicted octanol–water partition coefficient (Wildman–Crippen LogP) is 5.12. The molecule has 4 heteroatoms. The summed E-state index contributed by atoms with van der Waals surface area (Å²) in [5.41, 5.74) is 0. The summed E-state index contributed by atoms with van der Waals surface area (Å²) >= 11 is 12.7. The van der Waals surface area contributed by atoms with Gasteiger partial charge in [0.05, 0.1) is 5.16 Å². The fraction of sp³-hybridized carbons (Fsp3) is 1.00. The lowest BCUT2D eigenvalue weighted by Crippen LogP contribution is -2.70. The van der Waals surface area contributed by atoms with E-state index < -0.39 is 5.85 Å². The number of hydrogen-bond acceptors (Lipinski definition) is 1. The minimum Gasteiger partial charge on any atom is -0.289 e. The highest BCUT2D eigenvalue weighted by atomic mass is 35.9. The molecule has 1 nitrogen and oxygen atoms in total. The van der Waals surface area contributed by atoms with E-state index in [4.69, 9.17) is 22.5 Å². The SMILES string of the molecule is O=P(Cl)(Cl)C12CC3C[C@@H]4C5CC(CC41)CC2[C@H]5C3. The van der Waals surface area contributed by atoms with Crippen molar-refractivity contribution in [3.8, 4) is 0 Å². The van der Waals surface area contributed by atoms with Gasteiger partial charge in [0.25, 0.3) is 5.85 Å². The van der Waals surface area contributed by atoms with Crippen LogP contribution >= 0.6 is 28.3 Å². The molecule has 6 unspecified atom stereocenters. The van der Waals surface area contributed by atoms with Gasteiger partial charge in [-0.15, -0.1) is 0 Å². The first-order valence-corrected chi connectivity index (χ1v) is 11.0. The third-order valence-corrected chi connectivity index (χ3v) is 11.2. The van der Waals surface area contributed by atoms with E-state index in [0.717, 1.165) is 36.0 Å². The van der Waals surface area contributed by atoms with E-state index >= 15 is 0 Å². The highest BCUT2D eigenvalue weighted by molar-refractivity contribution is 8.09. The molecular weight excluding hydrogens is 286 g/mol. The molecule has 8 bridgehead atoms. The second-order valence-corrected chi connectivity index (χ2v) is 12.9. The van der Waals surface area contributed by atoms with Gasteiger partial charge in [0.2, 0.25) is 0 Å². The van der Waals surface area contributed by atoms with E-state index in [1.807, 2.05) is 0 Å². The zero-order chi connectivity index (χ0) is 12.3. The van der Waals surface area contributed by atoms with Gasteiger partial charge < -0.3 is 0 Å². The number of rotatable bonds is 1. The molecule has 0 aromatic carbocycles. The zero-order valence-electron chi connectivity index (χ0n) is 10.4. The van der Waals surface area contributed by atoms with Gasteiger partial charge in [-0.05, 0) is 102 Å². The molecule has 0 saturated heterocycles. The van der Waals surface area contributed by atoms with Crippen molar-refractivity contribution in [3.63, 3.8) is 0 Å². The normalized spacial score (nSPS) is 63.8. The summed E-state index contributed by atoms with van der Waals surface area (Å²) < 4.78 is 12.7.